The Morgan fingerprint density at radius 3 is 1.46 bits per heavy atom. The van der Waals surface area contributed by atoms with Gasteiger partial charge in [-0.25, -0.2) is 4.79 Å². The van der Waals surface area contributed by atoms with Gasteiger partial charge in [0.1, 0.15) is 13.2 Å². The van der Waals surface area contributed by atoms with Gasteiger partial charge in [-0.05, 0) is 44.9 Å². The van der Waals surface area contributed by atoms with Crippen molar-refractivity contribution in [2.24, 2.45) is 0 Å². The zero-order valence-corrected chi connectivity index (χ0v) is 35.6. The summed E-state index contributed by atoms with van der Waals surface area (Å²) in [5.41, 5.74) is 0. The first-order chi connectivity index (χ1) is 26.1. The minimum absolute atomic E-state index is 0.181. The average molecular weight is 767 g/mol. The van der Waals surface area contributed by atoms with Gasteiger partial charge in [-0.1, -0.05) is 154 Å². The molecule has 0 radical (unpaired) electrons. The van der Waals surface area contributed by atoms with E-state index in [0.29, 0.717) is 17.4 Å². The lowest BCUT2D eigenvalue weighted by Gasteiger charge is -2.25. The number of hydrogen-bond donors (Lipinski definition) is 1. The smallest absolute Gasteiger partial charge is 0.361 e. The number of ether oxygens (including phenoxy) is 4. The van der Waals surface area contributed by atoms with Gasteiger partial charge in [0.2, 0.25) is 0 Å². The van der Waals surface area contributed by atoms with Crippen LogP contribution in [0.3, 0.4) is 0 Å². The highest BCUT2D eigenvalue weighted by atomic mass is 16.7. The SMILES string of the molecule is CCCCCCC/C=C\C/C=C\CCCCCCCCCCCCCC(=O)OC(COC(=O)CCCCCCCC)COC(OCC[N+](C)(C)C)C(=O)O. The van der Waals surface area contributed by atoms with Crippen molar-refractivity contribution >= 4 is 17.9 Å². The van der Waals surface area contributed by atoms with Gasteiger partial charge < -0.3 is 28.5 Å². The van der Waals surface area contributed by atoms with E-state index in [4.69, 9.17) is 18.9 Å². The van der Waals surface area contributed by atoms with Gasteiger partial charge in [-0.3, -0.25) is 9.59 Å². The standard InChI is InChI=1S/C45H83NO8/c1-6-8-10-12-14-15-16-17-18-19-20-21-22-23-24-25-26-27-28-29-30-32-34-36-43(48)54-41(39-52-42(47)35-33-31-13-11-9-7-2)40-53-45(44(49)50)51-38-37-46(3,4)5/h16-17,19-20,41,45H,6-15,18,21-40H2,1-5H3/p+1/b17-16-,20-19-. The third-order valence-corrected chi connectivity index (χ3v) is 9.46. The number of hydrogen-bond acceptors (Lipinski definition) is 7. The molecule has 2 unspecified atom stereocenters. The monoisotopic (exact) mass is 767 g/mol. The number of carboxylic acids is 1. The predicted octanol–water partition coefficient (Wildman–Crippen LogP) is 11.3. The van der Waals surface area contributed by atoms with E-state index >= 15 is 0 Å². The first-order valence-corrected chi connectivity index (χ1v) is 22.0. The van der Waals surface area contributed by atoms with E-state index in [1.807, 2.05) is 21.1 Å². The van der Waals surface area contributed by atoms with E-state index in [0.717, 1.165) is 44.9 Å². The molecule has 0 saturated carbocycles. The molecule has 9 heteroatoms. The number of quaternary nitrogens is 1. The van der Waals surface area contributed by atoms with Gasteiger partial charge in [-0.2, -0.15) is 0 Å². The molecule has 0 aliphatic carbocycles. The summed E-state index contributed by atoms with van der Waals surface area (Å²) in [5.74, 6) is -2.02. The summed E-state index contributed by atoms with van der Waals surface area (Å²) in [7, 11) is 5.94. The molecule has 0 bridgehead atoms. The number of unbranched alkanes of at least 4 members (excludes halogenated alkanes) is 21. The van der Waals surface area contributed by atoms with E-state index < -0.39 is 24.3 Å². The molecule has 0 saturated heterocycles. The summed E-state index contributed by atoms with van der Waals surface area (Å²) in [6.07, 6.45) is 37.0. The second kappa shape index (κ2) is 37.7. The number of nitrogens with zero attached hydrogens (tertiary/aromatic N) is 1. The molecule has 9 nitrogen and oxygen atoms in total. The van der Waals surface area contributed by atoms with Crippen LogP contribution < -0.4 is 0 Å². The van der Waals surface area contributed by atoms with Crippen LogP contribution in [0.5, 0.6) is 0 Å². The second-order valence-electron chi connectivity index (χ2n) is 16.0. The molecular formula is C45H84NO8+. The summed E-state index contributed by atoms with van der Waals surface area (Å²) in [4.78, 5) is 36.8. The highest BCUT2D eigenvalue weighted by Gasteiger charge is 2.25. The Kier molecular flexibility index (Phi) is 36.1. The zero-order valence-electron chi connectivity index (χ0n) is 35.6. The van der Waals surface area contributed by atoms with Crippen molar-refractivity contribution in [3.63, 3.8) is 0 Å². The number of carboxylic acid groups (broad SMARTS) is 1. The average Bonchev–Trinajstić information content (AvgIpc) is 3.12. The Labute approximate surface area is 331 Å². The summed E-state index contributed by atoms with van der Waals surface area (Å²) >= 11 is 0. The van der Waals surface area contributed by atoms with Gasteiger partial charge in [-0.15, -0.1) is 0 Å². The maximum atomic E-state index is 12.7. The van der Waals surface area contributed by atoms with Gasteiger partial charge in [0.15, 0.2) is 6.10 Å². The number of likely N-dealkylation sites (N-methyl/N-ethyl adjacent to an activating group) is 1. The van der Waals surface area contributed by atoms with Crippen LogP contribution in [0.1, 0.15) is 187 Å². The Morgan fingerprint density at radius 2 is 1.00 bits per heavy atom. The first kappa shape index (κ1) is 51.8. The molecule has 1 N–H and O–H groups in total. The summed E-state index contributed by atoms with van der Waals surface area (Å²) in [5, 5.41) is 9.58. The lowest BCUT2D eigenvalue weighted by Crippen LogP contribution is -2.40. The Hall–Kier alpha value is -2.23. The Balaban J connectivity index is 4.21. The van der Waals surface area contributed by atoms with Gasteiger partial charge in [0.05, 0.1) is 34.4 Å². The molecule has 0 aromatic carbocycles. The third-order valence-electron chi connectivity index (χ3n) is 9.46. The number of carbonyl (C=O) groups is 3. The van der Waals surface area contributed by atoms with E-state index in [9.17, 15) is 19.5 Å². The van der Waals surface area contributed by atoms with Crippen molar-refractivity contribution in [2.45, 2.75) is 200 Å². The molecule has 0 amide bonds. The van der Waals surface area contributed by atoms with Crippen molar-refractivity contribution in [3.05, 3.63) is 24.3 Å². The molecule has 0 aliphatic heterocycles. The third kappa shape index (κ3) is 38.1. The maximum absolute atomic E-state index is 12.7. The number of allylic oxidation sites excluding steroid dienone is 4. The zero-order chi connectivity index (χ0) is 40.0. The predicted molar refractivity (Wildman–Crippen MR) is 221 cm³/mol. The normalized spacial score (nSPS) is 13.1. The fourth-order valence-corrected chi connectivity index (χ4v) is 5.98. The molecule has 0 spiro atoms. The van der Waals surface area contributed by atoms with Crippen LogP contribution in [0.4, 0.5) is 0 Å². The van der Waals surface area contributed by atoms with E-state index in [1.165, 1.54) is 116 Å². The molecule has 0 aromatic rings. The first-order valence-electron chi connectivity index (χ1n) is 22.0. The van der Waals surface area contributed by atoms with Gasteiger partial charge >= 0.3 is 17.9 Å². The molecule has 2 atom stereocenters. The quantitative estimate of drug-likeness (QED) is 0.0216. The Morgan fingerprint density at radius 1 is 0.556 bits per heavy atom. The molecule has 0 aromatic heterocycles. The Bertz CT molecular complexity index is 944. The van der Waals surface area contributed by atoms with Crippen LogP contribution in [0, 0.1) is 0 Å². The molecule has 54 heavy (non-hydrogen) atoms. The molecular weight excluding hydrogens is 682 g/mol. The highest BCUT2D eigenvalue weighted by molar-refractivity contribution is 5.71. The van der Waals surface area contributed by atoms with Crippen LogP contribution >= 0.6 is 0 Å². The molecule has 0 fully saturated rings. The van der Waals surface area contributed by atoms with Crippen molar-refractivity contribution in [3.8, 4) is 0 Å². The fraction of sp³-hybridized carbons (Fsp3) is 0.844. The molecule has 0 rings (SSSR count). The number of rotatable bonds is 40. The van der Waals surface area contributed by atoms with Crippen LogP contribution in [0.2, 0.25) is 0 Å². The van der Waals surface area contributed by atoms with Crippen LogP contribution in [0.25, 0.3) is 0 Å². The number of aliphatic carboxylic acids is 1. The molecule has 0 aliphatic rings. The minimum atomic E-state index is -1.50. The van der Waals surface area contributed by atoms with Crippen molar-refractivity contribution in [2.75, 3.05) is 47.5 Å². The van der Waals surface area contributed by atoms with Crippen LogP contribution in [0.15, 0.2) is 24.3 Å². The molecule has 0 heterocycles. The lowest BCUT2D eigenvalue weighted by molar-refractivity contribution is -0.870. The summed E-state index contributed by atoms with van der Waals surface area (Å²) in [6.45, 7) is 4.79. The fourth-order valence-electron chi connectivity index (χ4n) is 5.98. The van der Waals surface area contributed by atoms with Crippen molar-refractivity contribution in [1.82, 2.24) is 0 Å². The highest BCUT2D eigenvalue weighted by Crippen LogP contribution is 2.14. The minimum Gasteiger partial charge on any atom is -0.477 e. The molecule has 316 valence electrons. The van der Waals surface area contributed by atoms with Crippen molar-refractivity contribution in [1.29, 1.82) is 0 Å². The summed E-state index contributed by atoms with van der Waals surface area (Å²) in [6, 6.07) is 0. The van der Waals surface area contributed by atoms with Crippen molar-refractivity contribution < 1.29 is 42.9 Å². The van der Waals surface area contributed by atoms with E-state index in [2.05, 4.69) is 38.2 Å². The van der Waals surface area contributed by atoms with Gasteiger partial charge in [0, 0.05) is 12.8 Å². The second-order valence-corrected chi connectivity index (χ2v) is 16.0. The number of carbonyl (C=O) groups excluding carboxylic acids is 2. The lowest BCUT2D eigenvalue weighted by atomic mass is 10.0. The van der Waals surface area contributed by atoms with Crippen LogP contribution in [-0.4, -0.2) is 87.4 Å². The summed E-state index contributed by atoms with van der Waals surface area (Å²) < 4.78 is 22.6. The maximum Gasteiger partial charge on any atom is 0.361 e. The van der Waals surface area contributed by atoms with Gasteiger partial charge in [0.25, 0.3) is 6.29 Å². The van der Waals surface area contributed by atoms with Crippen LogP contribution in [-0.2, 0) is 33.3 Å². The number of esters is 2. The topological polar surface area (TPSA) is 108 Å². The van der Waals surface area contributed by atoms with E-state index in [-0.39, 0.29) is 32.2 Å². The van der Waals surface area contributed by atoms with E-state index in [1.54, 1.807) is 0 Å². The largest absolute Gasteiger partial charge is 0.477 e.